The Kier molecular flexibility index (Phi) is 2.27. The Hall–Kier alpha value is -0.960. The monoisotopic (exact) mass is 195 g/mol. The lowest BCUT2D eigenvalue weighted by molar-refractivity contribution is 0.175. The normalized spacial score (nSPS) is 32.1. The van der Waals surface area contributed by atoms with Gasteiger partial charge in [0.05, 0.1) is 12.3 Å². The lowest BCUT2D eigenvalue weighted by atomic mass is 9.81. The van der Waals surface area contributed by atoms with Crippen LogP contribution in [0.3, 0.4) is 0 Å². The van der Waals surface area contributed by atoms with Gasteiger partial charge in [0.25, 0.3) is 0 Å². The molecule has 0 aliphatic heterocycles. The van der Waals surface area contributed by atoms with Crippen molar-refractivity contribution >= 4 is 0 Å². The van der Waals surface area contributed by atoms with Crippen molar-refractivity contribution in [1.29, 1.82) is 0 Å². The molecule has 0 spiro atoms. The molecular formula is C11H14FNO. The maximum absolute atomic E-state index is 13.5. The van der Waals surface area contributed by atoms with Crippen LogP contribution in [0.15, 0.2) is 18.5 Å². The SMILES string of the molecule is CC1(c2ccncc2F)CCC(O)C1. The predicted molar refractivity (Wildman–Crippen MR) is 51.4 cm³/mol. The number of rotatable bonds is 1. The van der Waals surface area contributed by atoms with Crippen LogP contribution in [-0.2, 0) is 5.41 Å². The second-order valence-corrected chi connectivity index (χ2v) is 4.31. The van der Waals surface area contributed by atoms with Crippen molar-refractivity contribution in [3.63, 3.8) is 0 Å². The molecule has 2 unspecified atom stereocenters. The molecular weight excluding hydrogens is 181 g/mol. The summed E-state index contributed by atoms with van der Waals surface area (Å²) in [6.45, 7) is 2.00. The fraction of sp³-hybridized carbons (Fsp3) is 0.545. The molecule has 1 aliphatic rings. The van der Waals surface area contributed by atoms with E-state index in [1.807, 2.05) is 6.92 Å². The van der Waals surface area contributed by atoms with Crippen LogP contribution < -0.4 is 0 Å². The Balaban J connectivity index is 2.35. The highest BCUT2D eigenvalue weighted by Gasteiger charge is 2.37. The molecule has 1 aliphatic carbocycles. The summed E-state index contributed by atoms with van der Waals surface area (Å²) < 4.78 is 13.5. The van der Waals surface area contributed by atoms with Crippen LogP contribution in [0.4, 0.5) is 4.39 Å². The maximum atomic E-state index is 13.5. The quantitative estimate of drug-likeness (QED) is 0.743. The predicted octanol–water partition coefficient (Wildman–Crippen LogP) is 2.02. The van der Waals surface area contributed by atoms with Crippen LogP contribution in [0, 0.1) is 5.82 Å². The summed E-state index contributed by atoms with van der Waals surface area (Å²) in [7, 11) is 0. The fourth-order valence-electron chi connectivity index (χ4n) is 2.32. The number of pyridine rings is 1. The average molecular weight is 195 g/mol. The lowest BCUT2D eigenvalue weighted by Crippen LogP contribution is -2.20. The second kappa shape index (κ2) is 3.31. The largest absolute Gasteiger partial charge is 0.393 e. The molecule has 76 valence electrons. The molecule has 0 saturated heterocycles. The first kappa shape index (κ1) is 9.59. The molecule has 1 fully saturated rings. The highest BCUT2D eigenvalue weighted by Crippen LogP contribution is 2.41. The zero-order chi connectivity index (χ0) is 10.2. The van der Waals surface area contributed by atoms with E-state index in [0.29, 0.717) is 12.0 Å². The fourth-order valence-corrected chi connectivity index (χ4v) is 2.32. The van der Waals surface area contributed by atoms with Crippen LogP contribution in [0.5, 0.6) is 0 Å². The number of aliphatic hydroxyl groups excluding tert-OH is 1. The Morgan fingerprint density at radius 2 is 2.43 bits per heavy atom. The van der Waals surface area contributed by atoms with Crippen LogP contribution in [-0.4, -0.2) is 16.2 Å². The van der Waals surface area contributed by atoms with Gasteiger partial charge in [0.2, 0.25) is 0 Å². The maximum Gasteiger partial charge on any atom is 0.145 e. The Morgan fingerprint density at radius 3 is 3.00 bits per heavy atom. The van der Waals surface area contributed by atoms with Gasteiger partial charge in [0, 0.05) is 6.20 Å². The van der Waals surface area contributed by atoms with Crippen LogP contribution >= 0.6 is 0 Å². The van der Waals surface area contributed by atoms with Gasteiger partial charge in [-0.2, -0.15) is 0 Å². The van der Waals surface area contributed by atoms with E-state index < -0.39 is 0 Å². The van der Waals surface area contributed by atoms with Gasteiger partial charge in [-0.25, -0.2) is 4.39 Å². The number of aliphatic hydroxyl groups is 1. The van der Waals surface area contributed by atoms with Gasteiger partial charge in [0.15, 0.2) is 0 Å². The van der Waals surface area contributed by atoms with E-state index in [1.165, 1.54) is 6.20 Å². The van der Waals surface area contributed by atoms with E-state index in [0.717, 1.165) is 12.8 Å². The summed E-state index contributed by atoms with van der Waals surface area (Å²) in [4.78, 5) is 3.73. The first-order valence-corrected chi connectivity index (χ1v) is 4.90. The number of halogens is 1. The smallest absolute Gasteiger partial charge is 0.145 e. The van der Waals surface area contributed by atoms with E-state index in [1.54, 1.807) is 12.3 Å². The molecule has 3 heteroatoms. The number of aromatic nitrogens is 1. The topological polar surface area (TPSA) is 33.1 Å². The van der Waals surface area contributed by atoms with Gasteiger partial charge in [0.1, 0.15) is 5.82 Å². The van der Waals surface area contributed by atoms with E-state index in [2.05, 4.69) is 4.98 Å². The molecule has 2 rings (SSSR count). The molecule has 2 atom stereocenters. The van der Waals surface area contributed by atoms with Gasteiger partial charge < -0.3 is 5.11 Å². The average Bonchev–Trinajstić information content (AvgIpc) is 2.48. The van der Waals surface area contributed by atoms with Gasteiger partial charge >= 0.3 is 0 Å². The summed E-state index contributed by atoms with van der Waals surface area (Å²) in [6, 6.07) is 1.72. The molecule has 1 aromatic rings. The van der Waals surface area contributed by atoms with Crippen LogP contribution in [0.25, 0.3) is 0 Å². The van der Waals surface area contributed by atoms with E-state index in [4.69, 9.17) is 0 Å². The highest BCUT2D eigenvalue weighted by atomic mass is 19.1. The van der Waals surface area contributed by atoms with Crippen molar-refractivity contribution in [2.24, 2.45) is 0 Å². The van der Waals surface area contributed by atoms with E-state index in [-0.39, 0.29) is 17.3 Å². The standard InChI is InChI=1S/C11H14FNO/c1-11(4-2-8(14)6-11)9-3-5-13-7-10(9)12/h3,5,7-8,14H,2,4,6H2,1H3. The van der Waals surface area contributed by atoms with E-state index >= 15 is 0 Å². The minimum atomic E-state index is -0.285. The summed E-state index contributed by atoms with van der Waals surface area (Å²) in [6.07, 6.45) is 4.81. The van der Waals surface area contributed by atoms with Crippen LogP contribution in [0.2, 0.25) is 0 Å². The molecule has 1 saturated carbocycles. The van der Waals surface area contributed by atoms with Crippen molar-refractivity contribution in [3.05, 3.63) is 29.8 Å². The lowest BCUT2D eigenvalue weighted by Gasteiger charge is -2.24. The molecule has 0 radical (unpaired) electrons. The summed E-state index contributed by atoms with van der Waals surface area (Å²) in [5.74, 6) is -0.260. The first-order valence-electron chi connectivity index (χ1n) is 4.90. The Morgan fingerprint density at radius 1 is 1.64 bits per heavy atom. The van der Waals surface area contributed by atoms with Crippen molar-refractivity contribution in [2.45, 2.75) is 37.7 Å². The summed E-state index contributed by atoms with van der Waals surface area (Å²) in [5.41, 5.74) is 0.468. The molecule has 0 bridgehead atoms. The van der Waals surface area contributed by atoms with Gasteiger partial charge in [-0.1, -0.05) is 6.92 Å². The van der Waals surface area contributed by atoms with Crippen molar-refractivity contribution in [3.8, 4) is 0 Å². The van der Waals surface area contributed by atoms with Gasteiger partial charge in [-0.05, 0) is 36.3 Å². The Bertz CT molecular complexity index is 342. The molecule has 1 N–H and O–H groups in total. The summed E-state index contributed by atoms with van der Waals surface area (Å²) in [5, 5.41) is 9.48. The third kappa shape index (κ3) is 1.52. The molecule has 14 heavy (non-hydrogen) atoms. The minimum Gasteiger partial charge on any atom is -0.393 e. The van der Waals surface area contributed by atoms with Gasteiger partial charge in [-0.15, -0.1) is 0 Å². The molecule has 2 nitrogen and oxygen atoms in total. The molecule has 1 heterocycles. The molecule has 1 aromatic heterocycles. The first-order chi connectivity index (χ1) is 6.62. The minimum absolute atomic E-state index is 0.216. The number of hydrogen-bond donors (Lipinski definition) is 1. The molecule has 0 aromatic carbocycles. The summed E-state index contributed by atoms with van der Waals surface area (Å²) >= 11 is 0. The Labute approximate surface area is 82.8 Å². The van der Waals surface area contributed by atoms with Crippen molar-refractivity contribution in [1.82, 2.24) is 4.98 Å². The van der Waals surface area contributed by atoms with Gasteiger partial charge in [-0.3, -0.25) is 4.98 Å². The zero-order valence-electron chi connectivity index (χ0n) is 8.20. The number of hydrogen-bond acceptors (Lipinski definition) is 2. The second-order valence-electron chi connectivity index (χ2n) is 4.31. The van der Waals surface area contributed by atoms with E-state index in [9.17, 15) is 9.50 Å². The third-order valence-corrected chi connectivity index (χ3v) is 3.14. The highest BCUT2D eigenvalue weighted by molar-refractivity contribution is 5.25. The third-order valence-electron chi connectivity index (χ3n) is 3.14. The van der Waals surface area contributed by atoms with Crippen molar-refractivity contribution < 1.29 is 9.50 Å². The van der Waals surface area contributed by atoms with Crippen molar-refractivity contribution in [2.75, 3.05) is 0 Å². The molecule has 0 amide bonds. The number of nitrogens with zero attached hydrogens (tertiary/aromatic N) is 1. The van der Waals surface area contributed by atoms with Crippen LogP contribution in [0.1, 0.15) is 31.7 Å². The zero-order valence-corrected chi connectivity index (χ0v) is 8.20.